The molecule has 2 atom stereocenters. The number of hydrogen-bond donors (Lipinski definition) is 2. The average Bonchev–Trinajstić information content (AvgIpc) is 3.32. The van der Waals surface area contributed by atoms with Gasteiger partial charge in [0.2, 0.25) is 0 Å². The number of carbonyl (C=O) groups excluding carboxylic acids is 1. The molecule has 1 amide bonds. The van der Waals surface area contributed by atoms with Gasteiger partial charge in [-0.3, -0.25) is 14.8 Å². The van der Waals surface area contributed by atoms with Crippen LogP contribution in [0.5, 0.6) is 0 Å². The van der Waals surface area contributed by atoms with E-state index in [1.165, 1.54) is 0 Å². The maximum atomic E-state index is 12.7. The van der Waals surface area contributed by atoms with E-state index < -0.39 is 0 Å². The van der Waals surface area contributed by atoms with Gasteiger partial charge < -0.3 is 14.8 Å². The van der Waals surface area contributed by atoms with Crippen LogP contribution in [0.1, 0.15) is 16.9 Å². The number of benzene rings is 1. The van der Waals surface area contributed by atoms with Crippen LogP contribution in [0, 0.1) is 5.92 Å². The lowest BCUT2D eigenvalue weighted by molar-refractivity contribution is 0.00165. The van der Waals surface area contributed by atoms with E-state index in [-0.39, 0.29) is 11.9 Å². The summed E-state index contributed by atoms with van der Waals surface area (Å²) >= 11 is 0. The van der Waals surface area contributed by atoms with Crippen molar-refractivity contribution < 1.29 is 14.3 Å². The van der Waals surface area contributed by atoms with E-state index in [1.807, 2.05) is 24.3 Å². The summed E-state index contributed by atoms with van der Waals surface area (Å²) in [6.07, 6.45) is 1.04. The second-order valence-corrected chi connectivity index (χ2v) is 6.67. The van der Waals surface area contributed by atoms with Crippen LogP contribution in [0.25, 0.3) is 10.9 Å². The Hall–Kier alpha value is -1.96. The van der Waals surface area contributed by atoms with E-state index in [1.54, 1.807) is 0 Å². The molecular weight excluding hydrogens is 320 g/mol. The molecule has 0 aliphatic carbocycles. The Bertz CT molecular complexity index is 720. The number of aromatic nitrogens is 2. The fraction of sp³-hybridized carbons (Fsp3) is 0.556. The van der Waals surface area contributed by atoms with Gasteiger partial charge in [-0.15, -0.1) is 0 Å². The molecule has 2 aromatic rings. The summed E-state index contributed by atoms with van der Waals surface area (Å²) in [6, 6.07) is 7.96. The van der Waals surface area contributed by atoms with Crippen LogP contribution in [-0.4, -0.2) is 73.1 Å². The van der Waals surface area contributed by atoms with Crippen LogP contribution >= 0.6 is 0 Å². The zero-order valence-corrected chi connectivity index (χ0v) is 14.2. The van der Waals surface area contributed by atoms with Gasteiger partial charge in [0.1, 0.15) is 0 Å². The zero-order valence-electron chi connectivity index (χ0n) is 14.2. The van der Waals surface area contributed by atoms with Crippen molar-refractivity contribution in [3.8, 4) is 0 Å². The number of hydrogen-bond acceptors (Lipinski definition) is 5. The average molecular weight is 344 g/mol. The number of nitrogens with zero attached hydrogens (tertiary/aromatic N) is 2. The highest BCUT2D eigenvalue weighted by Gasteiger charge is 2.32. The summed E-state index contributed by atoms with van der Waals surface area (Å²) in [5, 5.41) is 11.1. The third kappa shape index (κ3) is 3.53. The summed E-state index contributed by atoms with van der Waals surface area (Å²) in [4.78, 5) is 15.1. The van der Waals surface area contributed by atoms with E-state index in [4.69, 9.17) is 9.47 Å². The highest BCUT2D eigenvalue weighted by atomic mass is 16.5. The Morgan fingerprint density at radius 1 is 1.28 bits per heavy atom. The predicted octanol–water partition coefficient (Wildman–Crippen LogP) is 1.03. The number of fused-ring (bicyclic) bond motifs is 1. The van der Waals surface area contributed by atoms with Crippen LogP contribution in [-0.2, 0) is 9.47 Å². The lowest BCUT2D eigenvalue weighted by atomic mass is 9.96. The van der Waals surface area contributed by atoms with Gasteiger partial charge in [0, 0.05) is 43.6 Å². The fourth-order valence-electron chi connectivity index (χ4n) is 3.78. The van der Waals surface area contributed by atoms with Crippen LogP contribution < -0.4 is 5.32 Å². The Balaban J connectivity index is 1.45. The van der Waals surface area contributed by atoms with Crippen molar-refractivity contribution in [1.29, 1.82) is 0 Å². The molecule has 1 aromatic carbocycles. The van der Waals surface area contributed by atoms with Crippen LogP contribution in [0.15, 0.2) is 24.3 Å². The molecule has 2 aliphatic rings. The normalized spacial score (nSPS) is 23.0. The van der Waals surface area contributed by atoms with Gasteiger partial charge >= 0.3 is 0 Å². The second kappa shape index (κ2) is 7.51. The van der Waals surface area contributed by atoms with Gasteiger partial charge in [0.15, 0.2) is 5.69 Å². The maximum absolute atomic E-state index is 12.7. The monoisotopic (exact) mass is 344 g/mol. The van der Waals surface area contributed by atoms with Crippen molar-refractivity contribution in [2.75, 3.05) is 46.1 Å². The first-order valence-corrected chi connectivity index (χ1v) is 8.94. The van der Waals surface area contributed by atoms with Crippen molar-refractivity contribution in [2.45, 2.75) is 12.5 Å². The Labute approximate surface area is 146 Å². The summed E-state index contributed by atoms with van der Waals surface area (Å²) < 4.78 is 11.0. The number of morpholine rings is 1. The predicted molar refractivity (Wildman–Crippen MR) is 93.5 cm³/mol. The summed E-state index contributed by atoms with van der Waals surface area (Å²) in [5.74, 6) is 0.323. The largest absolute Gasteiger partial charge is 0.381 e. The van der Waals surface area contributed by atoms with Crippen molar-refractivity contribution in [2.24, 2.45) is 5.92 Å². The number of amides is 1. The highest BCUT2D eigenvalue weighted by Crippen LogP contribution is 2.22. The van der Waals surface area contributed by atoms with Crippen molar-refractivity contribution in [1.82, 2.24) is 20.4 Å². The van der Waals surface area contributed by atoms with E-state index in [0.29, 0.717) is 18.2 Å². The lowest BCUT2D eigenvalue weighted by Crippen LogP contribution is -2.52. The van der Waals surface area contributed by atoms with E-state index in [9.17, 15) is 4.79 Å². The van der Waals surface area contributed by atoms with Crippen LogP contribution in [0.3, 0.4) is 0 Å². The fourth-order valence-corrected chi connectivity index (χ4v) is 3.78. The van der Waals surface area contributed by atoms with Crippen LogP contribution in [0.2, 0.25) is 0 Å². The van der Waals surface area contributed by atoms with Gasteiger partial charge in [-0.2, -0.15) is 5.10 Å². The second-order valence-electron chi connectivity index (χ2n) is 6.67. The smallest absolute Gasteiger partial charge is 0.272 e. The molecule has 1 aromatic heterocycles. The lowest BCUT2D eigenvalue weighted by Gasteiger charge is -2.37. The molecule has 134 valence electrons. The van der Waals surface area contributed by atoms with Crippen LogP contribution in [0.4, 0.5) is 0 Å². The number of rotatable bonds is 5. The number of ether oxygens (including phenoxy) is 2. The first kappa shape index (κ1) is 16.5. The molecule has 2 N–H and O–H groups in total. The molecule has 7 nitrogen and oxygen atoms in total. The third-order valence-electron chi connectivity index (χ3n) is 5.18. The molecule has 0 radical (unpaired) electrons. The number of carbonyl (C=O) groups is 1. The SMILES string of the molecule is O=C(NC[C@H]([C@H]1CCOC1)N1CCOCC1)c1n[nH]c2ccccc12. The summed E-state index contributed by atoms with van der Waals surface area (Å²) in [7, 11) is 0. The minimum atomic E-state index is -0.130. The Morgan fingerprint density at radius 2 is 2.12 bits per heavy atom. The third-order valence-corrected chi connectivity index (χ3v) is 5.18. The minimum absolute atomic E-state index is 0.130. The summed E-state index contributed by atoms with van der Waals surface area (Å²) in [5.41, 5.74) is 1.33. The molecule has 0 bridgehead atoms. The minimum Gasteiger partial charge on any atom is -0.381 e. The molecular formula is C18H24N4O3. The standard InChI is InChI=1S/C18H24N4O3/c23-18(17-14-3-1-2-4-15(14)20-21-17)19-11-16(13-5-8-25-12-13)22-6-9-24-10-7-22/h1-4,13,16H,5-12H2,(H,19,23)(H,20,21)/t13-,16+/m0/s1. The van der Waals surface area contributed by atoms with Crippen molar-refractivity contribution in [3.63, 3.8) is 0 Å². The topological polar surface area (TPSA) is 79.5 Å². The molecule has 0 saturated carbocycles. The molecule has 0 spiro atoms. The first-order chi connectivity index (χ1) is 12.3. The Morgan fingerprint density at radius 3 is 2.92 bits per heavy atom. The van der Waals surface area contributed by atoms with Gasteiger partial charge in [0.25, 0.3) is 5.91 Å². The molecule has 0 unspecified atom stereocenters. The Kier molecular flexibility index (Phi) is 4.96. The molecule has 3 heterocycles. The number of para-hydroxylation sites is 1. The quantitative estimate of drug-likeness (QED) is 0.847. The van der Waals surface area contributed by atoms with Crippen molar-refractivity contribution >= 4 is 16.8 Å². The summed E-state index contributed by atoms with van der Waals surface area (Å²) in [6.45, 7) is 5.50. The molecule has 25 heavy (non-hydrogen) atoms. The van der Waals surface area contributed by atoms with E-state index in [0.717, 1.165) is 56.8 Å². The zero-order chi connectivity index (χ0) is 17.1. The van der Waals surface area contributed by atoms with Gasteiger partial charge in [0.05, 0.1) is 25.3 Å². The highest BCUT2D eigenvalue weighted by molar-refractivity contribution is 6.04. The first-order valence-electron chi connectivity index (χ1n) is 8.94. The number of aromatic amines is 1. The molecule has 2 saturated heterocycles. The van der Waals surface area contributed by atoms with E-state index >= 15 is 0 Å². The number of nitrogens with one attached hydrogen (secondary N) is 2. The molecule has 4 rings (SSSR count). The van der Waals surface area contributed by atoms with Gasteiger partial charge in [-0.25, -0.2) is 0 Å². The molecule has 2 fully saturated rings. The molecule has 7 heteroatoms. The van der Waals surface area contributed by atoms with Gasteiger partial charge in [-0.1, -0.05) is 18.2 Å². The number of H-pyrrole nitrogens is 1. The molecule has 2 aliphatic heterocycles. The van der Waals surface area contributed by atoms with Gasteiger partial charge in [-0.05, 0) is 12.5 Å². The van der Waals surface area contributed by atoms with Crippen molar-refractivity contribution in [3.05, 3.63) is 30.0 Å². The maximum Gasteiger partial charge on any atom is 0.272 e. The van der Waals surface area contributed by atoms with E-state index in [2.05, 4.69) is 20.4 Å².